The molecule has 0 spiro atoms. The molecular formula is C14H24ClN3O. The van der Waals surface area contributed by atoms with Crippen molar-refractivity contribution >= 4 is 17.4 Å². The molecule has 0 atom stereocenters. The maximum absolute atomic E-state index is 5.97. The van der Waals surface area contributed by atoms with Crippen molar-refractivity contribution in [3.05, 3.63) is 11.5 Å². The van der Waals surface area contributed by atoms with Crippen LogP contribution in [0.1, 0.15) is 46.5 Å². The summed E-state index contributed by atoms with van der Waals surface area (Å²) in [5.41, 5.74) is 0.220. The lowest BCUT2D eigenvalue weighted by molar-refractivity contribution is 0.341. The Kier molecular flexibility index (Phi) is 6.35. The van der Waals surface area contributed by atoms with Crippen molar-refractivity contribution in [3.8, 4) is 5.75 Å². The van der Waals surface area contributed by atoms with Gasteiger partial charge >= 0.3 is 0 Å². The van der Waals surface area contributed by atoms with Crippen molar-refractivity contribution in [1.29, 1.82) is 0 Å². The minimum atomic E-state index is 0.220. The average Bonchev–Trinajstić information content (AvgIpc) is 2.37. The average molecular weight is 286 g/mol. The predicted octanol–water partition coefficient (Wildman–Crippen LogP) is 4.16. The van der Waals surface area contributed by atoms with Crippen LogP contribution in [0.25, 0.3) is 0 Å². The molecule has 5 heteroatoms. The van der Waals surface area contributed by atoms with E-state index in [0.29, 0.717) is 16.7 Å². The molecule has 19 heavy (non-hydrogen) atoms. The zero-order chi connectivity index (χ0) is 14.3. The third kappa shape index (κ3) is 5.23. The minimum Gasteiger partial charge on any atom is -0.490 e. The van der Waals surface area contributed by atoms with E-state index in [2.05, 4.69) is 36.1 Å². The van der Waals surface area contributed by atoms with Gasteiger partial charge in [0.1, 0.15) is 6.33 Å². The topological polar surface area (TPSA) is 47.0 Å². The van der Waals surface area contributed by atoms with Crippen LogP contribution in [0.5, 0.6) is 5.75 Å². The second-order valence-corrected chi connectivity index (χ2v) is 5.88. The Balaban J connectivity index is 2.58. The summed E-state index contributed by atoms with van der Waals surface area (Å²) in [7, 11) is 1.57. The maximum Gasteiger partial charge on any atom is 0.198 e. The molecule has 0 aliphatic rings. The summed E-state index contributed by atoms with van der Waals surface area (Å²) in [6, 6.07) is 0. The first-order valence-electron chi connectivity index (χ1n) is 6.78. The largest absolute Gasteiger partial charge is 0.490 e. The number of hydrogen-bond acceptors (Lipinski definition) is 4. The molecule has 0 aliphatic heterocycles. The number of nitrogens with zero attached hydrogens (tertiary/aromatic N) is 2. The Bertz CT molecular complexity index is 396. The summed E-state index contributed by atoms with van der Waals surface area (Å²) in [6.45, 7) is 7.56. The second-order valence-electron chi connectivity index (χ2n) is 5.52. The molecule has 1 N–H and O–H groups in total. The Morgan fingerprint density at radius 1 is 1.32 bits per heavy atom. The minimum absolute atomic E-state index is 0.220. The summed E-state index contributed by atoms with van der Waals surface area (Å²) in [4.78, 5) is 8.08. The smallest absolute Gasteiger partial charge is 0.198 e. The third-order valence-corrected chi connectivity index (χ3v) is 3.43. The number of anilines is 1. The molecule has 0 aliphatic carbocycles. The SMILES string of the molecule is CCCCCC(C)(C)CNc1ncnc(Cl)c1OC. The van der Waals surface area contributed by atoms with Crippen LogP contribution in [-0.2, 0) is 0 Å². The zero-order valence-corrected chi connectivity index (χ0v) is 13.0. The highest BCUT2D eigenvalue weighted by Gasteiger charge is 2.19. The Morgan fingerprint density at radius 3 is 2.68 bits per heavy atom. The molecule has 108 valence electrons. The molecular weight excluding hydrogens is 262 g/mol. The molecule has 4 nitrogen and oxygen atoms in total. The normalized spacial score (nSPS) is 11.4. The van der Waals surface area contributed by atoms with Crippen LogP contribution in [0, 0.1) is 5.41 Å². The van der Waals surface area contributed by atoms with Crippen LogP contribution < -0.4 is 10.1 Å². The van der Waals surface area contributed by atoms with Gasteiger partial charge in [0.25, 0.3) is 0 Å². The van der Waals surface area contributed by atoms with Crippen LogP contribution in [-0.4, -0.2) is 23.6 Å². The fourth-order valence-electron chi connectivity index (χ4n) is 1.92. The number of rotatable bonds is 8. The van der Waals surface area contributed by atoms with Crippen molar-refractivity contribution in [2.75, 3.05) is 19.0 Å². The zero-order valence-electron chi connectivity index (χ0n) is 12.3. The molecule has 1 aromatic heterocycles. The monoisotopic (exact) mass is 285 g/mol. The number of hydrogen-bond donors (Lipinski definition) is 1. The van der Waals surface area contributed by atoms with Crippen LogP contribution in [0.4, 0.5) is 5.82 Å². The van der Waals surface area contributed by atoms with Gasteiger partial charge in [0.15, 0.2) is 16.7 Å². The summed E-state index contributed by atoms with van der Waals surface area (Å²) in [5.74, 6) is 1.17. The highest BCUT2D eigenvalue weighted by molar-refractivity contribution is 6.31. The van der Waals surface area contributed by atoms with Crippen molar-refractivity contribution < 1.29 is 4.74 Å². The molecule has 0 aromatic carbocycles. The Hall–Kier alpha value is -1.03. The van der Waals surface area contributed by atoms with Gasteiger partial charge in [-0.05, 0) is 11.8 Å². The third-order valence-electron chi connectivity index (χ3n) is 3.16. The van der Waals surface area contributed by atoms with Gasteiger partial charge in [-0.25, -0.2) is 9.97 Å². The Morgan fingerprint density at radius 2 is 2.05 bits per heavy atom. The van der Waals surface area contributed by atoms with E-state index in [1.165, 1.54) is 32.0 Å². The molecule has 1 rings (SSSR count). The van der Waals surface area contributed by atoms with Gasteiger partial charge in [-0.15, -0.1) is 0 Å². The summed E-state index contributed by atoms with van der Waals surface area (Å²) in [6.07, 6.45) is 6.42. The van der Waals surface area contributed by atoms with Crippen molar-refractivity contribution in [3.63, 3.8) is 0 Å². The number of halogens is 1. The summed E-state index contributed by atoms with van der Waals surface area (Å²) in [5, 5.41) is 3.65. The molecule has 0 unspecified atom stereocenters. The van der Waals surface area contributed by atoms with Crippen molar-refractivity contribution in [2.24, 2.45) is 5.41 Å². The second kappa shape index (κ2) is 7.53. The van der Waals surface area contributed by atoms with Crippen LogP contribution in [0.3, 0.4) is 0 Å². The van der Waals surface area contributed by atoms with E-state index >= 15 is 0 Å². The van der Waals surface area contributed by atoms with E-state index < -0.39 is 0 Å². The van der Waals surface area contributed by atoms with Gasteiger partial charge in [0, 0.05) is 6.54 Å². The van der Waals surface area contributed by atoms with Crippen molar-refractivity contribution in [2.45, 2.75) is 46.5 Å². The number of ether oxygens (including phenoxy) is 1. The lowest BCUT2D eigenvalue weighted by Crippen LogP contribution is -2.23. The number of methoxy groups -OCH3 is 1. The first-order chi connectivity index (χ1) is 9.00. The number of nitrogens with one attached hydrogen (secondary N) is 1. The maximum atomic E-state index is 5.97. The van der Waals surface area contributed by atoms with Gasteiger partial charge in [-0.1, -0.05) is 51.6 Å². The van der Waals surface area contributed by atoms with Gasteiger partial charge in [-0.2, -0.15) is 0 Å². The molecule has 1 aromatic rings. The van der Waals surface area contributed by atoms with Gasteiger partial charge in [-0.3, -0.25) is 0 Å². The van der Waals surface area contributed by atoms with E-state index in [-0.39, 0.29) is 5.41 Å². The highest BCUT2D eigenvalue weighted by atomic mass is 35.5. The molecule has 0 radical (unpaired) electrons. The van der Waals surface area contributed by atoms with Crippen LogP contribution in [0.15, 0.2) is 6.33 Å². The van der Waals surface area contributed by atoms with Gasteiger partial charge in [0.2, 0.25) is 0 Å². The summed E-state index contributed by atoms with van der Waals surface area (Å²) < 4.78 is 5.22. The van der Waals surface area contributed by atoms with Gasteiger partial charge < -0.3 is 10.1 Å². The lowest BCUT2D eigenvalue weighted by atomic mass is 9.87. The fraction of sp³-hybridized carbons (Fsp3) is 0.714. The quantitative estimate of drug-likeness (QED) is 0.575. The van der Waals surface area contributed by atoms with Crippen LogP contribution >= 0.6 is 11.6 Å². The fourth-order valence-corrected chi connectivity index (χ4v) is 2.13. The Labute approximate surface area is 120 Å². The number of unbranched alkanes of at least 4 members (excludes halogenated alkanes) is 2. The van der Waals surface area contributed by atoms with Crippen LogP contribution in [0.2, 0.25) is 5.15 Å². The predicted molar refractivity (Wildman–Crippen MR) is 80.0 cm³/mol. The van der Waals surface area contributed by atoms with E-state index in [9.17, 15) is 0 Å². The van der Waals surface area contributed by atoms with E-state index in [0.717, 1.165) is 6.54 Å². The summed E-state index contributed by atoms with van der Waals surface area (Å²) >= 11 is 5.97. The van der Waals surface area contributed by atoms with E-state index in [4.69, 9.17) is 16.3 Å². The molecule has 0 bridgehead atoms. The molecule has 0 saturated carbocycles. The molecule has 0 fully saturated rings. The molecule has 0 saturated heterocycles. The van der Waals surface area contributed by atoms with Gasteiger partial charge in [0.05, 0.1) is 7.11 Å². The number of aromatic nitrogens is 2. The van der Waals surface area contributed by atoms with E-state index in [1.807, 2.05) is 0 Å². The molecule has 1 heterocycles. The standard InChI is InChI=1S/C14H24ClN3O/c1-5-6-7-8-14(2,3)9-16-13-11(19-4)12(15)17-10-18-13/h10H,5-9H2,1-4H3,(H,16,17,18). The van der Waals surface area contributed by atoms with E-state index in [1.54, 1.807) is 7.11 Å². The first-order valence-corrected chi connectivity index (χ1v) is 7.16. The molecule has 0 amide bonds. The lowest BCUT2D eigenvalue weighted by Gasteiger charge is -2.25. The van der Waals surface area contributed by atoms with Crippen molar-refractivity contribution in [1.82, 2.24) is 9.97 Å². The highest BCUT2D eigenvalue weighted by Crippen LogP contribution is 2.30. The first kappa shape index (κ1) is 16.0.